The molecule has 0 saturated heterocycles. The van der Waals surface area contributed by atoms with E-state index in [-0.39, 0.29) is 0 Å². The lowest BCUT2D eigenvalue weighted by Crippen LogP contribution is -2.20. The van der Waals surface area contributed by atoms with Crippen LogP contribution in [0.2, 0.25) is 0 Å². The number of aromatic nitrogens is 2. The molecule has 0 radical (unpaired) electrons. The normalized spacial score (nSPS) is 16.3. The van der Waals surface area contributed by atoms with Crippen LogP contribution in [0.5, 0.6) is 0 Å². The van der Waals surface area contributed by atoms with Gasteiger partial charge in [0.15, 0.2) is 0 Å². The van der Waals surface area contributed by atoms with Gasteiger partial charge in [-0.05, 0) is 26.2 Å². The molecule has 5 nitrogen and oxygen atoms in total. The van der Waals surface area contributed by atoms with Crippen LogP contribution in [0.3, 0.4) is 0 Å². The summed E-state index contributed by atoms with van der Waals surface area (Å²) in [6.45, 7) is 5.32. The van der Waals surface area contributed by atoms with Gasteiger partial charge in [0.1, 0.15) is 0 Å². The molecule has 0 unspecified atom stereocenters. The Kier molecular flexibility index (Phi) is 7.03. The Morgan fingerprint density at radius 2 is 2.10 bits per heavy atom. The van der Waals surface area contributed by atoms with Gasteiger partial charge in [-0.25, -0.2) is 4.98 Å². The van der Waals surface area contributed by atoms with E-state index in [0.717, 1.165) is 44.4 Å². The van der Waals surface area contributed by atoms with Crippen molar-refractivity contribution >= 4 is 5.95 Å². The summed E-state index contributed by atoms with van der Waals surface area (Å²) < 4.78 is 13.2. The average Bonchev–Trinajstić information content (AvgIpc) is 2.85. The van der Waals surface area contributed by atoms with Gasteiger partial charge in [0.05, 0.1) is 18.4 Å². The third kappa shape index (κ3) is 5.67. The lowest BCUT2D eigenvalue weighted by Gasteiger charge is -2.22. The van der Waals surface area contributed by atoms with Gasteiger partial charge in [0.2, 0.25) is 5.95 Å². The fourth-order valence-electron chi connectivity index (χ4n) is 2.82. The van der Waals surface area contributed by atoms with Gasteiger partial charge >= 0.3 is 0 Å². The summed E-state index contributed by atoms with van der Waals surface area (Å²) in [6, 6.07) is 0. The Morgan fingerprint density at radius 1 is 1.29 bits per heavy atom. The molecule has 0 amide bonds. The Bertz CT molecular complexity index is 400. The molecule has 120 valence electrons. The van der Waals surface area contributed by atoms with Gasteiger partial charge in [-0.3, -0.25) is 0 Å². The maximum Gasteiger partial charge on any atom is 0.203 e. The number of aryl methyl sites for hydroxylation is 1. The van der Waals surface area contributed by atoms with Crippen molar-refractivity contribution in [3.05, 3.63) is 11.9 Å². The molecule has 0 aromatic carbocycles. The number of rotatable bonds is 9. The number of ether oxygens (including phenoxy) is 2. The fourth-order valence-corrected chi connectivity index (χ4v) is 2.82. The zero-order valence-electron chi connectivity index (χ0n) is 13.4. The minimum Gasteiger partial charge on any atom is -0.385 e. The summed E-state index contributed by atoms with van der Waals surface area (Å²) >= 11 is 0. The zero-order chi connectivity index (χ0) is 14.9. The molecule has 1 aliphatic rings. The summed E-state index contributed by atoms with van der Waals surface area (Å²) in [5, 5.41) is 3.37. The molecule has 1 aromatic rings. The Hall–Kier alpha value is -1.07. The lowest BCUT2D eigenvalue weighted by atomic mass is 9.98. The largest absolute Gasteiger partial charge is 0.385 e. The first-order chi connectivity index (χ1) is 10.3. The number of nitrogens with zero attached hydrogens (tertiary/aromatic N) is 2. The first-order valence-corrected chi connectivity index (χ1v) is 8.18. The second-order valence-corrected chi connectivity index (χ2v) is 5.80. The Morgan fingerprint density at radius 3 is 2.86 bits per heavy atom. The maximum atomic E-state index is 6.00. The van der Waals surface area contributed by atoms with Crippen LogP contribution in [0.15, 0.2) is 6.20 Å². The maximum absolute atomic E-state index is 6.00. The molecule has 0 aliphatic heterocycles. The highest BCUT2D eigenvalue weighted by molar-refractivity contribution is 5.28. The number of hydrogen-bond donors (Lipinski definition) is 1. The summed E-state index contributed by atoms with van der Waals surface area (Å²) in [5.41, 5.74) is 1.04. The van der Waals surface area contributed by atoms with Crippen LogP contribution >= 0.6 is 0 Å². The summed E-state index contributed by atoms with van der Waals surface area (Å²) in [6.07, 6.45) is 10.0. The van der Waals surface area contributed by atoms with Crippen LogP contribution in [-0.2, 0) is 16.0 Å². The van der Waals surface area contributed by atoms with Gasteiger partial charge in [-0.15, -0.1) is 0 Å². The van der Waals surface area contributed by atoms with Crippen LogP contribution < -0.4 is 5.32 Å². The molecule has 1 saturated carbocycles. The third-order valence-corrected chi connectivity index (χ3v) is 3.94. The van der Waals surface area contributed by atoms with E-state index in [4.69, 9.17) is 9.47 Å². The van der Waals surface area contributed by atoms with E-state index >= 15 is 0 Å². The second-order valence-electron chi connectivity index (χ2n) is 5.80. The van der Waals surface area contributed by atoms with Gasteiger partial charge in [-0.1, -0.05) is 19.3 Å². The molecule has 0 spiro atoms. The van der Waals surface area contributed by atoms with Crippen LogP contribution in [-0.4, -0.2) is 42.5 Å². The van der Waals surface area contributed by atoms with Crippen molar-refractivity contribution < 1.29 is 9.47 Å². The molecule has 1 fully saturated rings. The quantitative estimate of drug-likeness (QED) is 0.712. The van der Waals surface area contributed by atoms with Crippen LogP contribution in [0.25, 0.3) is 0 Å². The van der Waals surface area contributed by atoms with Crippen molar-refractivity contribution in [2.24, 2.45) is 0 Å². The van der Waals surface area contributed by atoms with Crippen LogP contribution in [0.4, 0.5) is 5.95 Å². The minimum absolute atomic E-state index is 0.474. The van der Waals surface area contributed by atoms with Crippen molar-refractivity contribution in [3.8, 4) is 0 Å². The topological polar surface area (TPSA) is 48.3 Å². The Balaban J connectivity index is 1.73. The molecule has 21 heavy (non-hydrogen) atoms. The van der Waals surface area contributed by atoms with Crippen molar-refractivity contribution in [1.29, 1.82) is 0 Å². The highest BCUT2D eigenvalue weighted by atomic mass is 16.5. The number of methoxy groups -OCH3 is 1. The molecular formula is C16H29N3O2. The first-order valence-electron chi connectivity index (χ1n) is 8.18. The first kappa shape index (κ1) is 16.3. The number of hydrogen-bond acceptors (Lipinski definition) is 4. The van der Waals surface area contributed by atoms with E-state index in [1.54, 1.807) is 7.11 Å². The Labute approximate surface area is 128 Å². The second kappa shape index (κ2) is 9.05. The molecule has 1 N–H and O–H groups in total. The zero-order valence-corrected chi connectivity index (χ0v) is 13.4. The number of imidazole rings is 1. The lowest BCUT2D eigenvalue weighted by molar-refractivity contribution is 0.0242. The van der Waals surface area contributed by atoms with Gasteiger partial charge in [0, 0.05) is 33.0 Å². The predicted molar refractivity (Wildman–Crippen MR) is 84.8 cm³/mol. The molecule has 0 atom stereocenters. The van der Waals surface area contributed by atoms with Crippen LogP contribution in [0, 0.1) is 6.92 Å². The highest BCUT2D eigenvalue weighted by Gasteiger charge is 2.13. The van der Waals surface area contributed by atoms with Crippen molar-refractivity contribution in [2.75, 3.05) is 32.2 Å². The number of nitrogens with one attached hydrogen (secondary N) is 1. The monoisotopic (exact) mass is 295 g/mol. The van der Waals surface area contributed by atoms with Gasteiger partial charge < -0.3 is 19.4 Å². The molecule has 5 heteroatoms. The SMILES string of the molecule is COCCCNc1nc(C)cn1CCOC1CCCCC1. The molecule has 1 aliphatic carbocycles. The molecule has 1 heterocycles. The van der Waals surface area contributed by atoms with E-state index in [2.05, 4.69) is 21.1 Å². The van der Waals surface area contributed by atoms with Crippen molar-refractivity contribution in [3.63, 3.8) is 0 Å². The van der Waals surface area contributed by atoms with E-state index in [0.29, 0.717) is 6.10 Å². The summed E-state index contributed by atoms with van der Waals surface area (Å²) in [4.78, 5) is 4.53. The molecule has 2 rings (SSSR count). The summed E-state index contributed by atoms with van der Waals surface area (Å²) in [5.74, 6) is 0.941. The summed E-state index contributed by atoms with van der Waals surface area (Å²) in [7, 11) is 1.73. The van der Waals surface area contributed by atoms with Gasteiger partial charge in [0.25, 0.3) is 0 Å². The van der Waals surface area contributed by atoms with Crippen molar-refractivity contribution in [2.45, 2.75) is 58.1 Å². The third-order valence-electron chi connectivity index (χ3n) is 3.94. The van der Waals surface area contributed by atoms with Crippen molar-refractivity contribution in [1.82, 2.24) is 9.55 Å². The molecular weight excluding hydrogens is 266 g/mol. The van der Waals surface area contributed by atoms with E-state index in [1.165, 1.54) is 32.1 Å². The molecule has 0 bridgehead atoms. The van der Waals surface area contributed by atoms with E-state index < -0.39 is 0 Å². The van der Waals surface area contributed by atoms with Gasteiger partial charge in [-0.2, -0.15) is 0 Å². The van der Waals surface area contributed by atoms with E-state index in [9.17, 15) is 0 Å². The highest BCUT2D eigenvalue weighted by Crippen LogP contribution is 2.20. The van der Waals surface area contributed by atoms with E-state index in [1.807, 2.05) is 6.92 Å². The fraction of sp³-hybridized carbons (Fsp3) is 0.812. The number of anilines is 1. The smallest absolute Gasteiger partial charge is 0.203 e. The van der Waals surface area contributed by atoms with Crippen LogP contribution in [0.1, 0.15) is 44.2 Å². The average molecular weight is 295 g/mol. The molecule has 1 aromatic heterocycles. The minimum atomic E-state index is 0.474. The standard InChI is InChI=1S/C16H29N3O2/c1-14-13-19(16(18-14)17-9-6-11-20-2)10-12-21-15-7-4-3-5-8-15/h13,15H,3-12H2,1-2H3,(H,17,18). The predicted octanol–water partition coefficient (Wildman–Crippen LogP) is 2.99.